The quantitative estimate of drug-likeness (QED) is 0.550. The molecule has 0 aromatic rings. The number of ether oxygens (including phenoxy) is 1. The molecule has 5 heteroatoms. The van der Waals surface area contributed by atoms with Crippen molar-refractivity contribution in [3.05, 3.63) is 0 Å². The van der Waals surface area contributed by atoms with E-state index >= 15 is 0 Å². The lowest BCUT2D eigenvalue weighted by atomic mass is 10.2. The zero-order valence-corrected chi connectivity index (χ0v) is 7.65. The van der Waals surface area contributed by atoms with Gasteiger partial charge in [-0.3, -0.25) is 4.79 Å². The second kappa shape index (κ2) is 5.53. The molecule has 1 N–H and O–H groups in total. The van der Waals surface area contributed by atoms with Gasteiger partial charge < -0.3 is 19.7 Å². The molecule has 0 aliphatic carbocycles. The Balaban J connectivity index is 3.71. The molecule has 5 nitrogen and oxygen atoms in total. The molecule has 0 saturated heterocycles. The average molecular weight is 189 g/mol. The van der Waals surface area contributed by atoms with Crippen molar-refractivity contribution < 1.29 is 24.5 Å². The lowest BCUT2D eigenvalue weighted by Gasteiger charge is -2.13. The van der Waals surface area contributed by atoms with Crippen LogP contribution in [0.25, 0.3) is 0 Å². The minimum atomic E-state index is -1.27. The maximum atomic E-state index is 10.8. The third-order valence-corrected chi connectivity index (χ3v) is 1.25. The zero-order valence-electron chi connectivity index (χ0n) is 7.65. The Bertz CT molecular complexity index is 187. The van der Waals surface area contributed by atoms with Gasteiger partial charge in [0.2, 0.25) is 0 Å². The SMILES string of the molecule is C[C@H](CC(=O)[O-])OC(=O)C[C@@H](C)O. The van der Waals surface area contributed by atoms with Crippen molar-refractivity contribution in [2.75, 3.05) is 0 Å². The molecule has 0 fully saturated rings. The number of carboxylic acid groups (broad SMARTS) is 1. The summed E-state index contributed by atoms with van der Waals surface area (Å²) >= 11 is 0. The topological polar surface area (TPSA) is 86.7 Å². The summed E-state index contributed by atoms with van der Waals surface area (Å²) in [5, 5.41) is 18.8. The molecule has 0 aromatic heterocycles. The van der Waals surface area contributed by atoms with E-state index in [9.17, 15) is 14.7 Å². The summed E-state index contributed by atoms with van der Waals surface area (Å²) in [4.78, 5) is 20.9. The maximum absolute atomic E-state index is 10.8. The molecule has 0 amide bonds. The fourth-order valence-corrected chi connectivity index (χ4v) is 0.790. The monoisotopic (exact) mass is 189 g/mol. The van der Waals surface area contributed by atoms with Crippen LogP contribution in [0.1, 0.15) is 26.7 Å². The van der Waals surface area contributed by atoms with E-state index in [1.165, 1.54) is 13.8 Å². The van der Waals surface area contributed by atoms with Crippen molar-refractivity contribution in [3.8, 4) is 0 Å². The Morgan fingerprint density at radius 3 is 2.31 bits per heavy atom. The Labute approximate surface area is 76.3 Å². The summed E-state index contributed by atoms with van der Waals surface area (Å²) in [5.74, 6) is -1.87. The van der Waals surface area contributed by atoms with Gasteiger partial charge >= 0.3 is 5.97 Å². The van der Waals surface area contributed by atoms with Gasteiger partial charge in [-0.15, -0.1) is 0 Å². The van der Waals surface area contributed by atoms with Crippen LogP contribution >= 0.6 is 0 Å². The van der Waals surface area contributed by atoms with Crippen molar-refractivity contribution in [2.24, 2.45) is 0 Å². The smallest absolute Gasteiger partial charge is 0.308 e. The van der Waals surface area contributed by atoms with Crippen LogP contribution < -0.4 is 5.11 Å². The minimum Gasteiger partial charge on any atom is -0.550 e. The molecular formula is C8H13O5-. The van der Waals surface area contributed by atoms with Gasteiger partial charge in [0.25, 0.3) is 0 Å². The third kappa shape index (κ3) is 7.27. The highest BCUT2D eigenvalue weighted by Gasteiger charge is 2.11. The van der Waals surface area contributed by atoms with Crippen LogP contribution in [0, 0.1) is 0 Å². The van der Waals surface area contributed by atoms with Gasteiger partial charge in [-0.05, 0) is 13.8 Å². The van der Waals surface area contributed by atoms with Crippen LogP contribution in [0.5, 0.6) is 0 Å². The van der Waals surface area contributed by atoms with Crippen LogP contribution in [0.15, 0.2) is 0 Å². The largest absolute Gasteiger partial charge is 0.550 e. The van der Waals surface area contributed by atoms with Crippen molar-refractivity contribution in [2.45, 2.75) is 38.9 Å². The summed E-state index contributed by atoms with van der Waals surface area (Å²) in [6.07, 6.45) is -1.94. The van der Waals surface area contributed by atoms with Crippen molar-refractivity contribution in [3.63, 3.8) is 0 Å². The Morgan fingerprint density at radius 2 is 1.92 bits per heavy atom. The van der Waals surface area contributed by atoms with Gasteiger partial charge in [0.15, 0.2) is 0 Å². The number of aliphatic hydroxyl groups excluding tert-OH is 1. The van der Waals surface area contributed by atoms with Gasteiger partial charge in [0.1, 0.15) is 6.10 Å². The number of carbonyl (C=O) groups excluding carboxylic acids is 2. The highest BCUT2D eigenvalue weighted by Crippen LogP contribution is 2.00. The van der Waals surface area contributed by atoms with E-state index in [4.69, 9.17) is 5.11 Å². The number of hydrogen-bond acceptors (Lipinski definition) is 5. The third-order valence-electron chi connectivity index (χ3n) is 1.25. The lowest BCUT2D eigenvalue weighted by Crippen LogP contribution is -2.29. The summed E-state index contributed by atoms with van der Waals surface area (Å²) in [6, 6.07) is 0. The van der Waals surface area contributed by atoms with Gasteiger partial charge in [0.05, 0.1) is 12.5 Å². The number of rotatable bonds is 5. The second-order valence-corrected chi connectivity index (χ2v) is 2.93. The van der Waals surface area contributed by atoms with E-state index in [2.05, 4.69) is 4.74 Å². The standard InChI is InChI=1S/C8H14O5/c1-5(9)3-8(12)13-6(2)4-7(10)11/h5-6,9H,3-4H2,1-2H3,(H,10,11)/p-1/t5-,6-/m1/s1. The van der Waals surface area contributed by atoms with Gasteiger partial charge in [-0.1, -0.05) is 0 Å². The molecule has 0 saturated carbocycles. The zero-order chi connectivity index (χ0) is 10.4. The van der Waals surface area contributed by atoms with Crippen LogP contribution in [0.3, 0.4) is 0 Å². The molecule has 76 valence electrons. The fraction of sp³-hybridized carbons (Fsp3) is 0.750. The van der Waals surface area contributed by atoms with E-state index in [-0.39, 0.29) is 12.8 Å². The number of aliphatic hydroxyl groups is 1. The van der Waals surface area contributed by atoms with Crippen LogP contribution in [0.4, 0.5) is 0 Å². The molecule has 0 aromatic carbocycles. The maximum Gasteiger partial charge on any atom is 0.308 e. The average Bonchev–Trinajstić information content (AvgIpc) is 1.80. The number of hydrogen-bond donors (Lipinski definition) is 1. The van der Waals surface area contributed by atoms with Crippen molar-refractivity contribution >= 4 is 11.9 Å². The van der Waals surface area contributed by atoms with Crippen molar-refractivity contribution in [1.82, 2.24) is 0 Å². The van der Waals surface area contributed by atoms with Crippen LogP contribution in [-0.2, 0) is 14.3 Å². The molecule has 0 unspecified atom stereocenters. The molecule has 2 atom stereocenters. The van der Waals surface area contributed by atoms with Gasteiger partial charge in [-0.25, -0.2) is 0 Å². The number of carboxylic acids is 1. The van der Waals surface area contributed by atoms with E-state index in [1.807, 2.05) is 0 Å². The highest BCUT2D eigenvalue weighted by molar-refractivity contribution is 5.71. The number of carbonyl (C=O) groups is 2. The Morgan fingerprint density at radius 1 is 1.38 bits per heavy atom. The molecule has 0 aliphatic rings. The predicted molar refractivity (Wildman–Crippen MR) is 41.5 cm³/mol. The normalized spacial score (nSPS) is 14.7. The first kappa shape index (κ1) is 11.9. The first-order chi connectivity index (χ1) is 5.91. The van der Waals surface area contributed by atoms with Crippen LogP contribution in [-0.4, -0.2) is 29.3 Å². The molecule has 0 radical (unpaired) electrons. The first-order valence-electron chi connectivity index (χ1n) is 3.99. The first-order valence-corrected chi connectivity index (χ1v) is 3.99. The minimum absolute atomic E-state index is 0.128. The van der Waals surface area contributed by atoms with Gasteiger partial charge in [0, 0.05) is 12.4 Å². The second-order valence-electron chi connectivity index (χ2n) is 2.93. The molecule has 0 rings (SSSR count). The molecule has 0 aliphatic heterocycles. The lowest BCUT2D eigenvalue weighted by molar-refractivity contribution is -0.307. The number of esters is 1. The Kier molecular flexibility index (Phi) is 5.06. The summed E-state index contributed by atoms with van der Waals surface area (Å²) in [5.41, 5.74) is 0. The summed E-state index contributed by atoms with van der Waals surface area (Å²) in [6.45, 7) is 2.90. The molecular weight excluding hydrogens is 176 g/mol. The van der Waals surface area contributed by atoms with E-state index in [1.54, 1.807) is 0 Å². The fourth-order valence-electron chi connectivity index (χ4n) is 0.790. The molecule has 0 bridgehead atoms. The van der Waals surface area contributed by atoms with E-state index in [0.717, 1.165) is 0 Å². The van der Waals surface area contributed by atoms with Crippen molar-refractivity contribution in [1.29, 1.82) is 0 Å². The summed E-state index contributed by atoms with van der Waals surface area (Å²) < 4.78 is 4.65. The van der Waals surface area contributed by atoms with Crippen LogP contribution in [0.2, 0.25) is 0 Å². The summed E-state index contributed by atoms with van der Waals surface area (Å²) in [7, 11) is 0. The molecule has 0 heterocycles. The van der Waals surface area contributed by atoms with Gasteiger partial charge in [-0.2, -0.15) is 0 Å². The predicted octanol–water partition coefficient (Wildman–Crippen LogP) is -1.17. The number of aliphatic carboxylic acids is 1. The van der Waals surface area contributed by atoms with E-state index in [0.29, 0.717) is 0 Å². The highest BCUT2D eigenvalue weighted by atomic mass is 16.5. The van der Waals surface area contributed by atoms with E-state index < -0.39 is 24.1 Å². The molecule has 13 heavy (non-hydrogen) atoms. The Hall–Kier alpha value is -1.10. The molecule has 0 spiro atoms.